The van der Waals surface area contributed by atoms with Gasteiger partial charge < -0.3 is 10.0 Å². The number of carbonyl (C=O) groups is 1. The van der Waals surface area contributed by atoms with E-state index in [9.17, 15) is 4.79 Å². The Kier molecular flexibility index (Phi) is 4.05. The lowest BCUT2D eigenvalue weighted by atomic mass is 10.2. The monoisotopic (exact) mass is 290 g/mol. The highest BCUT2D eigenvalue weighted by Gasteiger charge is 2.22. The average Bonchev–Trinajstić information content (AvgIpc) is 2.94. The number of aromatic nitrogens is 2. The molecule has 0 spiro atoms. The van der Waals surface area contributed by atoms with Crippen LogP contribution in [0.15, 0.2) is 0 Å². The second-order valence-electron chi connectivity index (χ2n) is 5.86. The molecule has 0 radical (unpaired) electrons. The van der Waals surface area contributed by atoms with Crippen molar-refractivity contribution in [3.63, 3.8) is 0 Å². The van der Waals surface area contributed by atoms with Crippen LogP contribution in [0.5, 0.6) is 0 Å². The molecule has 0 amide bonds. The van der Waals surface area contributed by atoms with Gasteiger partial charge in [-0.3, -0.25) is 9.69 Å². The lowest BCUT2D eigenvalue weighted by molar-refractivity contribution is -0.137. The number of aryl methyl sites for hydroxylation is 2. The smallest absolute Gasteiger partial charge is 0.304 e. The Bertz CT molecular complexity index is 539. The van der Waals surface area contributed by atoms with Crippen LogP contribution in [-0.2, 0) is 17.6 Å². The first-order valence-corrected chi connectivity index (χ1v) is 7.69. The maximum atomic E-state index is 10.6. The topological polar surface area (TPSA) is 69.6 Å². The fraction of sp³-hybridized carbons (Fsp3) is 0.667. The van der Waals surface area contributed by atoms with Gasteiger partial charge in [0, 0.05) is 44.1 Å². The Morgan fingerprint density at radius 3 is 2.67 bits per heavy atom. The summed E-state index contributed by atoms with van der Waals surface area (Å²) in [6.07, 6.45) is 3.60. The van der Waals surface area contributed by atoms with Gasteiger partial charge in [-0.2, -0.15) is 0 Å². The van der Waals surface area contributed by atoms with E-state index < -0.39 is 5.97 Å². The molecule has 1 saturated heterocycles. The third-order valence-electron chi connectivity index (χ3n) is 4.43. The molecule has 1 N–H and O–H groups in total. The fourth-order valence-corrected chi connectivity index (χ4v) is 3.17. The van der Waals surface area contributed by atoms with Crippen molar-refractivity contribution in [2.24, 2.45) is 0 Å². The summed E-state index contributed by atoms with van der Waals surface area (Å²) in [5.41, 5.74) is 3.70. The van der Waals surface area contributed by atoms with Crippen LogP contribution in [0.2, 0.25) is 0 Å². The number of hydrogen-bond acceptors (Lipinski definition) is 5. The van der Waals surface area contributed by atoms with E-state index in [-0.39, 0.29) is 6.42 Å². The molecule has 2 heterocycles. The normalized spacial score (nSPS) is 18.8. The number of fused-ring (bicyclic) bond motifs is 1. The van der Waals surface area contributed by atoms with Crippen LogP contribution in [0.4, 0.5) is 5.95 Å². The second-order valence-corrected chi connectivity index (χ2v) is 5.86. The third kappa shape index (κ3) is 3.15. The number of carboxylic acid groups (broad SMARTS) is 1. The van der Waals surface area contributed by atoms with E-state index in [0.29, 0.717) is 6.54 Å². The van der Waals surface area contributed by atoms with Gasteiger partial charge >= 0.3 is 5.97 Å². The maximum Gasteiger partial charge on any atom is 0.304 e. The SMILES string of the molecule is Cc1nc(N2CCN(CCC(=O)O)CC2)nc2c1CCC2. The minimum atomic E-state index is -0.727. The van der Waals surface area contributed by atoms with Gasteiger partial charge in [-0.15, -0.1) is 0 Å². The number of carboxylic acids is 1. The third-order valence-corrected chi connectivity index (χ3v) is 4.43. The standard InChI is InChI=1S/C15H22N4O2/c1-11-12-3-2-4-13(12)17-15(16-11)19-9-7-18(8-10-19)6-5-14(20)21/h2-10H2,1H3,(H,20,21). The van der Waals surface area contributed by atoms with Gasteiger partial charge in [0.1, 0.15) is 0 Å². The average molecular weight is 290 g/mol. The van der Waals surface area contributed by atoms with Crippen LogP contribution < -0.4 is 4.90 Å². The molecule has 1 aliphatic carbocycles. The van der Waals surface area contributed by atoms with E-state index >= 15 is 0 Å². The number of piperazine rings is 1. The minimum Gasteiger partial charge on any atom is -0.481 e. The van der Waals surface area contributed by atoms with E-state index in [2.05, 4.69) is 21.7 Å². The zero-order valence-electron chi connectivity index (χ0n) is 12.5. The molecular formula is C15H22N4O2. The van der Waals surface area contributed by atoms with Crippen molar-refractivity contribution in [1.82, 2.24) is 14.9 Å². The molecule has 0 atom stereocenters. The summed E-state index contributed by atoms with van der Waals surface area (Å²) in [6, 6.07) is 0. The van der Waals surface area contributed by atoms with Crippen molar-refractivity contribution < 1.29 is 9.90 Å². The van der Waals surface area contributed by atoms with Crippen LogP contribution in [0.1, 0.15) is 29.8 Å². The molecule has 0 bridgehead atoms. The Balaban J connectivity index is 1.62. The number of rotatable bonds is 4. The lowest BCUT2D eigenvalue weighted by Crippen LogP contribution is -2.47. The van der Waals surface area contributed by atoms with Crippen molar-refractivity contribution in [3.05, 3.63) is 17.0 Å². The molecule has 2 aliphatic rings. The molecule has 1 fully saturated rings. The number of nitrogens with zero attached hydrogens (tertiary/aromatic N) is 4. The van der Waals surface area contributed by atoms with Crippen LogP contribution in [-0.4, -0.2) is 58.7 Å². The van der Waals surface area contributed by atoms with E-state index in [4.69, 9.17) is 10.1 Å². The van der Waals surface area contributed by atoms with Gasteiger partial charge in [0.25, 0.3) is 0 Å². The molecule has 0 aromatic carbocycles. The lowest BCUT2D eigenvalue weighted by Gasteiger charge is -2.34. The van der Waals surface area contributed by atoms with E-state index in [1.165, 1.54) is 17.7 Å². The molecule has 0 saturated carbocycles. The highest BCUT2D eigenvalue weighted by Crippen LogP contribution is 2.25. The van der Waals surface area contributed by atoms with Crippen molar-refractivity contribution in [3.8, 4) is 0 Å². The number of aliphatic carboxylic acids is 1. The van der Waals surface area contributed by atoms with Crippen LogP contribution >= 0.6 is 0 Å². The molecule has 1 aromatic heterocycles. The van der Waals surface area contributed by atoms with Crippen molar-refractivity contribution in [2.45, 2.75) is 32.6 Å². The van der Waals surface area contributed by atoms with Crippen molar-refractivity contribution in [1.29, 1.82) is 0 Å². The second kappa shape index (κ2) is 5.97. The summed E-state index contributed by atoms with van der Waals surface area (Å²) in [5.74, 6) is 0.126. The predicted octanol–water partition coefficient (Wildman–Crippen LogP) is 0.870. The first-order chi connectivity index (χ1) is 10.1. The van der Waals surface area contributed by atoms with Gasteiger partial charge in [-0.05, 0) is 31.7 Å². The first-order valence-electron chi connectivity index (χ1n) is 7.69. The molecule has 1 aromatic rings. The fourth-order valence-electron chi connectivity index (χ4n) is 3.17. The summed E-state index contributed by atoms with van der Waals surface area (Å²) < 4.78 is 0. The highest BCUT2D eigenvalue weighted by molar-refractivity contribution is 5.66. The predicted molar refractivity (Wildman–Crippen MR) is 79.7 cm³/mol. The maximum absolute atomic E-state index is 10.6. The van der Waals surface area contributed by atoms with Crippen molar-refractivity contribution in [2.75, 3.05) is 37.6 Å². The summed E-state index contributed by atoms with van der Waals surface area (Å²) >= 11 is 0. The molecule has 6 nitrogen and oxygen atoms in total. The Morgan fingerprint density at radius 2 is 1.95 bits per heavy atom. The molecular weight excluding hydrogens is 268 g/mol. The Morgan fingerprint density at radius 1 is 1.19 bits per heavy atom. The van der Waals surface area contributed by atoms with Crippen LogP contribution in [0.3, 0.4) is 0 Å². The van der Waals surface area contributed by atoms with Crippen LogP contribution in [0.25, 0.3) is 0 Å². The van der Waals surface area contributed by atoms with Gasteiger partial charge in [-0.25, -0.2) is 9.97 Å². The number of anilines is 1. The Hall–Kier alpha value is -1.69. The zero-order chi connectivity index (χ0) is 14.8. The molecule has 21 heavy (non-hydrogen) atoms. The van der Waals surface area contributed by atoms with Crippen LogP contribution in [0, 0.1) is 6.92 Å². The summed E-state index contributed by atoms with van der Waals surface area (Å²) in [4.78, 5) is 24.4. The Labute approximate surface area is 124 Å². The van der Waals surface area contributed by atoms with Gasteiger partial charge in [0.2, 0.25) is 5.95 Å². The molecule has 1 aliphatic heterocycles. The number of hydrogen-bond donors (Lipinski definition) is 1. The van der Waals surface area contributed by atoms with E-state index in [1.54, 1.807) is 0 Å². The largest absolute Gasteiger partial charge is 0.481 e. The van der Waals surface area contributed by atoms with Crippen molar-refractivity contribution >= 4 is 11.9 Å². The zero-order valence-corrected chi connectivity index (χ0v) is 12.5. The molecule has 6 heteroatoms. The van der Waals surface area contributed by atoms with Gasteiger partial charge in [0.15, 0.2) is 0 Å². The molecule has 0 unspecified atom stereocenters. The van der Waals surface area contributed by atoms with Gasteiger partial charge in [-0.1, -0.05) is 0 Å². The quantitative estimate of drug-likeness (QED) is 0.887. The first kappa shape index (κ1) is 14.3. The minimum absolute atomic E-state index is 0.217. The summed E-state index contributed by atoms with van der Waals surface area (Å²) in [7, 11) is 0. The molecule has 114 valence electrons. The highest BCUT2D eigenvalue weighted by atomic mass is 16.4. The summed E-state index contributed by atoms with van der Waals surface area (Å²) in [5, 5.41) is 8.74. The van der Waals surface area contributed by atoms with Gasteiger partial charge in [0.05, 0.1) is 6.42 Å². The van der Waals surface area contributed by atoms with E-state index in [0.717, 1.165) is 50.7 Å². The summed E-state index contributed by atoms with van der Waals surface area (Å²) in [6.45, 7) is 6.22. The molecule has 3 rings (SSSR count). The van der Waals surface area contributed by atoms with E-state index in [1.807, 2.05) is 0 Å².